The van der Waals surface area contributed by atoms with Crippen LogP contribution in [-0.4, -0.2) is 45.6 Å². The van der Waals surface area contributed by atoms with Gasteiger partial charge in [-0.3, -0.25) is 19.7 Å². The third kappa shape index (κ3) is 6.02. The van der Waals surface area contributed by atoms with E-state index < -0.39 is 5.91 Å². The summed E-state index contributed by atoms with van der Waals surface area (Å²) in [6.45, 7) is 2.42. The monoisotopic (exact) mass is 530 g/mol. The molecule has 4 rings (SSSR count). The van der Waals surface area contributed by atoms with Gasteiger partial charge >= 0.3 is 0 Å². The van der Waals surface area contributed by atoms with Gasteiger partial charge in [0.1, 0.15) is 6.61 Å². The lowest BCUT2D eigenvalue weighted by atomic mass is 10.0. The molecule has 0 saturated carbocycles. The fourth-order valence-electron chi connectivity index (χ4n) is 4.46. The molecule has 0 radical (unpaired) electrons. The molecule has 1 fully saturated rings. The second kappa shape index (κ2) is 11.8. The summed E-state index contributed by atoms with van der Waals surface area (Å²) in [4.78, 5) is 28.1. The van der Waals surface area contributed by atoms with E-state index in [4.69, 9.17) is 27.9 Å². The number of nitrogens with one attached hydrogen (secondary N) is 2. The standard InChI is InChI=1S/C26H28Cl2N4O4/c1-31-15-19(24(23(31)26(34)30-35)36-16-20-21(27)10-5-11-22(20)28)25(33)29-18-9-6-12-32(14-18)13-17-7-3-2-4-8-17/h2-5,7-8,10-11,15,18,35H,6,9,12-14,16H2,1H3,(H,29,33)(H,30,34). The van der Waals surface area contributed by atoms with Crippen LogP contribution in [0.25, 0.3) is 0 Å². The highest BCUT2D eigenvalue weighted by Gasteiger charge is 2.29. The second-order valence-electron chi connectivity index (χ2n) is 8.79. The van der Waals surface area contributed by atoms with E-state index in [9.17, 15) is 14.8 Å². The highest BCUT2D eigenvalue weighted by atomic mass is 35.5. The van der Waals surface area contributed by atoms with E-state index in [-0.39, 0.29) is 35.6 Å². The van der Waals surface area contributed by atoms with Crippen LogP contribution in [0.4, 0.5) is 0 Å². The van der Waals surface area contributed by atoms with Crippen molar-refractivity contribution in [3.8, 4) is 5.75 Å². The van der Waals surface area contributed by atoms with Crippen LogP contribution in [0, 0.1) is 0 Å². The zero-order valence-electron chi connectivity index (χ0n) is 19.8. The zero-order valence-corrected chi connectivity index (χ0v) is 21.4. The summed E-state index contributed by atoms with van der Waals surface area (Å²) in [7, 11) is 1.60. The maximum absolute atomic E-state index is 13.4. The molecule has 1 aliphatic rings. The van der Waals surface area contributed by atoms with Crippen molar-refractivity contribution < 1.29 is 19.5 Å². The molecule has 2 aromatic carbocycles. The third-order valence-electron chi connectivity index (χ3n) is 6.21. The minimum absolute atomic E-state index is 0.000161. The van der Waals surface area contributed by atoms with Crippen molar-refractivity contribution in [1.29, 1.82) is 0 Å². The predicted molar refractivity (Wildman–Crippen MR) is 138 cm³/mol. The predicted octanol–water partition coefficient (Wildman–Crippen LogP) is 4.42. The van der Waals surface area contributed by atoms with Crippen LogP contribution >= 0.6 is 23.2 Å². The average molecular weight is 531 g/mol. The van der Waals surface area contributed by atoms with Gasteiger partial charge in [-0.15, -0.1) is 0 Å². The Labute approximate surface area is 219 Å². The second-order valence-corrected chi connectivity index (χ2v) is 9.61. The minimum atomic E-state index is -0.802. The number of aryl methyl sites for hydroxylation is 1. The van der Waals surface area contributed by atoms with E-state index in [0.29, 0.717) is 22.2 Å². The molecule has 2 heterocycles. The molecule has 2 amide bonds. The molecule has 190 valence electrons. The molecule has 1 aromatic heterocycles. The molecule has 1 unspecified atom stereocenters. The van der Waals surface area contributed by atoms with Crippen molar-refractivity contribution in [2.24, 2.45) is 7.05 Å². The summed E-state index contributed by atoms with van der Waals surface area (Å²) >= 11 is 12.5. The first-order valence-electron chi connectivity index (χ1n) is 11.6. The van der Waals surface area contributed by atoms with Gasteiger partial charge in [0.15, 0.2) is 11.4 Å². The van der Waals surface area contributed by atoms with E-state index >= 15 is 0 Å². The Morgan fingerprint density at radius 1 is 1.08 bits per heavy atom. The number of aromatic nitrogens is 1. The van der Waals surface area contributed by atoms with Crippen molar-refractivity contribution in [2.45, 2.75) is 32.0 Å². The zero-order chi connectivity index (χ0) is 25.7. The molecule has 3 N–H and O–H groups in total. The lowest BCUT2D eigenvalue weighted by Crippen LogP contribution is -2.47. The Hall–Kier alpha value is -3.04. The summed E-state index contributed by atoms with van der Waals surface area (Å²) in [5.41, 5.74) is 3.54. The van der Waals surface area contributed by atoms with Gasteiger partial charge in [-0.1, -0.05) is 59.6 Å². The molecule has 8 nitrogen and oxygen atoms in total. The number of hydroxylamine groups is 1. The van der Waals surface area contributed by atoms with Crippen LogP contribution in [0.1, 0.15) is 44.8 Å². The summed E-state index contributed by atoms with van der Waals surface area (Å²) in [5.74, 6) is -1.13. The molecule has 10 heteroatoms. The van der Waals surface area contributed by atoms with E-state index in [2.05, 4.69) is 22.3 Å². The van der Waals surface area contributed by atoms with Crippen molar-refractivity contribution in [1.82, 2.24) is 20.3 Å². The first kappa shape index (κ1) is 26.0. The summed E-state index contributed by atoms with van der Waals surface area (Å²) in [6.07, 6.45) is 3.31. The van der Waals surface area contributed by atoms with Crippen molar-refractivity contribution in [2.75, 3.05) is 13.1 Å². The fourth-order valence-corrected chi connectivity index (χ4v) is 4.97. The maximum atomic E-state index is 13.4. The molecule has 0 aliphatic carbocycles. The van der Waals surface area contributed by atoms with Gasteiger partial charge in [-0.25, -0.2) is 5.48 Å². The lowest BCUT2D eigenvalue weighted by molar-refractivity contribution is 0.0692. The molecular weight excluding hydrogens is 503 g/mol. The smallest absolute Gasteiger partial charge is 0.295 e. The molecular formula is C26H28Cl2N4O4. The molecule has 1 saturated heterocycles. The van der Waals surface area contributed by atoms with Crippen molar-refractivity contribution in [3.05, 3.63) is 87.2 Å². The molecule has 1 atom stereocenters. The van der Waals surface area contributed by atoms with Gasteiger partial charge < -0.3 is 14.6 Å². The van der Waals surface area contributed by atoms with Crippen LogP contribution in [0.5, 0.6) is 5.75 Å². The largest absolute Gasteiger partial charge is 0.485 e. The first-order valence-corrected chi connectivity index (χ1v) is 12.4. The first-order chi connectivity index (χ1) is 17.4. The minimum Gasteiger partial charge on any atom is -0.485 e. The van der Waals surface area contributed by atoms with E-state index in [1.165, 1.54) is 16.3 Å². The summed E-state index contributed by atoms with van der Waals surface area (Å²) < 4.78 is 7.37. The number of ether oxygens (including phenoxy) is 1. The Balaban J connectivity index is 1.52. The van der Waals surface area contributed by atoms with Gasteiger partial charge in [-0.05, 0) is 37.1 Å². The van der Waals surface area contributed by atoms with E-state index in [0.717, 1.165) is 25.9 Å². The number of carbonyl (C=O) groups excluding carboxylic acids is 2. The SMILES string of the molecule is Cn1cc(C(=O)NC2CCCN(Cc3ccccc3)C2)c(OCc2c(Cl)cccc2Cl)c1C(=O)NO. The Kier molecular flexibility index (Phi) is 8.53. The number of halogens is 2. The van der Waals surface area contributed by atoms with Gasteiger partial charge in [0.25, 0.3) is 11.8 Å². The van der Waals surface area contributed by atoms with Gasteiger partial charge in [0, 0.05) is 48.0 Å². The fraction of sp³-hybridized carbons (Fsp3) is 0.308. The summed E-state index contributed by atoms with van der Waals surface area (Å²) in [6, 6.07) is 15.2. The average Bonchev–Trinajstić information content (AvgIpc) is 3.20. The number of rotatable bonds is 8. The molecule has 0 spiro atoms. The highest BCUT2D eigenvalue weighted by Crippen LogP contribution is 2.31. The van der Waals surface area contributed by atoms with Crippen LogP contribution in [0.2, 0.25) is 10.0 Å². The van der Waals surface area contributed by atoms with Gasteiger partial charge in [0.2, 0.25) is 0 Å². The number of hydrogen-bond acceptors (Lipinski definition) is 5. The maximum Gasteiger partial charge on any atom is 0.295 e. The number of nitrogens with zero attached hydrogens (tertiary/aromatic N) is 2. The lowest BCUT2D eigenvalue weighted by Gasteiger charge is -2.33. The van der Waals surface area contributed by atoms with Crippen molar-refractivity contribution >= 4 is 35.0 Å². The van der Waals surface area contributed by atoms with Crippen molar-refractivity contribution in [3.63, 3.8) is 0 Å². The Morgan fingerprint density at radius 3 is 2.50 bits per heavy atom. The van der Waals surface area contributed by atoms with Crippen LogP contribution in [-0.2, 0) is 20.2 Å². The number of hydrogen-bond donors (Lipinski definition) is 3. The highest BCUT2D eigenvalue weighted by molar-refractivity contribution is 6.35. The van der Waals surface area contributed by atoms with Gasteiger partial charge in [0.05, 0.1) is 5.56 Å². The Bertz CT molecular complexity index is 1210. The number of likely N-dealkylation sites (tertiary alicyclic amines) is 1. The number of amides is 2. The van der Waals surface area contributed by atoms with E-state index in [1.807, 2.05) is 18.2 Å². The number of carbonyl (C=O) groups is 2. The normalized spacial score (nSPS) is 15.9. The molecule has 1 aliphatic heterocycles. The van der Waals surface area contributed by atoms with Crippen LogP contribution in [0.15, 0.2) is 54.7 Å². The van der Waals surface area contributed by atoms with Crippen LogP contribution in [0.3, 0.4) is 0 Å². The van der Waals surface area contributed by atoms with Crippen LogP contribution < -0.4 is 15.5 Å². The topological polar surface area (TPSA) is 95.8 Å². The van der Waals surface area contributed by atoms with E-state index in [1.54, 1.807) is 30.7 Å². The summed E-state index contributed by atoms with van der Waals surface area (Å²) in [5, 5.41) is 13.1. The molecule has 0 bridgehead atoms. The quantitative estimate of drug-likeness (QED) is 0.296. The number of piperidine rings is 1. The molecule has 36 heavy (non-hydrogen) atoms. The Morgan fingerprint density at radius 2 is 1.81 bits per heavy atom. The molecule has 3 aromatic rings. The number of benzene rings is 2. The third-order valence-corrected chi connectivity index (χ3v) is 6.92. The van der Waals surface area contributed by atoms with Gasteiger partial charge in [-0.2, -0.15) is 0 Å².